The van der Waals surface area contributed by atoms with Crippen LogP contribution in [0.2, 0.25) is 0 Å². The van der Waals surface area contributed by atoms with Gasteiger partial charge < -0.3 is 9.42 Å². The zero-order valence-electron chi connectivity index (χ0n) is 18.0. The van der Waals surface area contributed by atoms with Crippen LogP contribution in [0.4, 0.5) is 4.39 Å². The maximum atomic E-state index is 14.2. The van der Waals surface area contributed by atoms with Gasteiger partial charge in [0.05, 0.1) is 11.4 Å². The number of aromatic nitrogens is 2. The summed E-state index contributed by atoms with van der Waals surface area (Å²) in [6, 6.07) is 13.0. The number of rotatable bonds is 4. The molecule has 0 aliphatic carbocycles. The summed E-state index contributed by atoms with van der Waals surface area (Å²) in [4.78, 5) is 22.3. The van der Waals surface area contributed by atoms with Crippen molar-refractivity contribution in [2.24, 2.45) is 0 Å². The summed E-state index contributed by atoms with van der Waals surface area (Å²) in [6.45, 7) is 7.05. The van der Waals surface area contributed by atoms with Crippen LogP contribution in [0.5, 0.6) is 0 Å². The van der Waals surface area contributed by atoms with E-state index in [4.69, 9.17) is 4.52 Å². The van der Waals surface area contributed by atoms with Gasteiger partial charge in [-0.05, 0) is 31.5 Å². The second-order valence-corrected chi connectivity index (χ2v) is 9.17. The van der Waals surface area contributed by atoms with Crippen molar-refractivity contribution in [3.8, 4) is 11.4 Å². The predicted octanol–water partition coefficient (Wildman–Crippen LogP) is 4.67. The Hall–Kier alpha value is -3.10. The molecule has 32 heavy (non-hydrogen) atoms. The molecule has 1 fully saturated rings. The second kappa shape index (κ2) is 8.44. The molecule has 0 radical (unpaired) electrons. The number of carbonyl (C=O) groups excluding carboxylic acids is 1. The summed E-state index contributed by atoms with van der Waals surface area (Å²) in [7, 11) is 0. The summed E-state index contributed by atoms with van der Waals surface area (Å²) in [5.41, 5.74) is 2.84. The Bertz CT molecular complexity index is 1270. The van der Waals surface area contributed by atoms with E-state index in [1.807, 2.05) is 49.1 Å². The Morgan fingerprint density at radius 1 is 1.09 bits per heavy atom. The van der Waals surface area contributed by atoms with E-state index in [1.54, 1.807) is 6.07 Å². The van der Waals surface area contributed by atoms with Crippen LogP contribution in [0.1, 0.15) is 26.7 Å². The van der Waals surface area contributed by atoms with Gasteiger partial charge in [0.2, 0.25) is 11.7 Å². The quantitative estimate of drug-likeness (QED) is 0.452. The van der Waals surface area contributed by atoms with Crippen LogP contribution in [-0.2, 0) is 6.54 Å². The number of thiophene rings is 1. The lowest BCUT2D eigenvalue weighted by molar-refractivity contribution is 0.0619. The van der Waals surface area contributed by atoms with E-state index >= 15 is 0 Å². The van der Waals surface area contributed by atoms with Gasteiger partial charge >= 0.3 is 0 Å². The molecule has 5 rings (SSSR count). The molecular formula is C24H23FN4O2S. The first-order chi connectivity index (χ1) is 15.5. The van der Waals surface area contributed by atoms with E-state index < -0.39 is 0 Å². The van der Waals surface area contributed by atoms with E-state index in [0.29, 0.717) is 54.7 Å². The topological polar surface area (TPSA) is 62.5 Å². The van der Waals surface area contributed by atoms with Crippen LogP contribution < -0.4 is 0 Å². The highest BCUT2D eigenvalue weighted by Crippen LogP contribution is 2.33. The van der Waals surface area contributed by atoms with Gasteiger partial charge in [-0.2, -0.15) is 4.98 Å². The minimum Gasteiger partial charge on any atom is -0.338 e. The number of amides is 1. The standard InChI is InChI=1S/C24H23FN4O2S/c1-15-6-8-17(9-7-15)23-26-20(31-27-23)14-28-10-12-29(13-11-28)24(30)22-16(2)21-18(25)4-3-5-19(21)32-22/h3-9H,10-14H2,1-2H3. The largest absolute Gasteiger partial charge is 0.338 e. The minimum absolute atomic E-state index is 0.0257. The Labute approximate surface area is 189 Å². The van der Waals surface area contributed by atoms with Gasteiger partial charge in [-0.25, -0.2) is 4.39 Å². The summed E-state index contributed by atoms with van der Waals surface area (Å²) in [6.07, 6.45) is 0. The van der Waals surface area contributed by atoms with Crippen molar-refractivity contribution in [1.29, 1.82) is 0 Å². The Morgan fingerprint density at radius 2 is 1.84 bits per heavy atom. The minimum atomic E-state index is -0.273. The highest BCUT2D eigenvalue weighted by atomic mass is 32.1. The molecule has 1 amide bonds. The average Bonchev–Trinajstić information content (AvgIpc) is 3.39. The fourth-order valence-electron chi connectivity index (χ4n) is 4.04. The SMILES string of the molecule is Cc1ccc(-c2noc(CN3CCN(C(=O)c4sc5cccc(F)c5c4C)CC3)n2)cc1. The lowest BCUT2D eigenvalue weighted by Gasteiger charge is -2.33. The van der Waals surface area contributed by atoms with Gasteiger partial charge in [0.25, 0.3) is 5.91 Å². The van der Waals surface area contributed by atoms with E-state index in [2.05, 4.69) is 15.0 Å². The lowest BCUT2D eigenvalue weighted by atomic mass is 10.1. The second-order valence-electron chi connectivity index (χ2n) is 8.12. The molecule has 6 nitrogen and oxygen atoms in total. The van der Waals surface area contributed by atoms with Crippen LogP contribution in [0.3, 0.4) is 0 Å². The Kier molecular flexibility index (Phi) is 5.48. The number of halogens is 1. The maximum absolute atomic E-state index is 14.2. The highest BCUT2D eigenvalue weighted by molar-refractivity contribution is 7.21. The molecule has 0 spiro atoms. The van der Waals surface area contributed by atoms with Crippen molar-refractivity contribution < 1.29 is 13.7 Å². The molecule has 2 aromatic heterocycles. The molecule has 3 heterocycles. The Balaban J connectivity index is 1.22. The van der Waals surface area contributed by atoms with Gasteiger partial charge in [0.15, 0.2) is 0 Å². The fourth-order valence-corrected chi connectivity index (χ4v) is 5.23. The van der Waals surface area contributed by atoms with Crippen LogP contribution in [0, 0.1) is 19.7 Å². The lowest BCUT2D eigenvalue weighted by Crippen LogP contribution is -2.48. The molecule has 164 valence electrons. The van der Waals surface area contributed by atoms with Crippen molar-refractivity contribution >= 4 is 27.3 Å². The predicted molar refractivity (Wildman–Crippen MR) is 122 cm³/mol. The van der Waals surface area contributed by atoms with E-state index in [1.165, 1.54) is 23.0 Å². The normalized spacial score (nSPS) is 14.9. The number of fused-ring (bicyclic) bond motifs is 1. The van der Waals surface area contributed by atoms with Gasteiger partial charge in [-0.3, -0.25) is 9.69 Å². The molecule has 8 heteroatoms. The third kappa shape index (κ3) is 3.91. The summed E-state index contributed by atoms with van der Waals surface area (Å²) in [5, 5.41) is 4.65. The van der Waals surface area contributed by atoms with Crippen molar-refractivity contribution in [2.75, 3.05) is 26.2 Å². The number of piperazine rings is 1. The third-order valence-electron chi connectivity index (χ3n) is 5.89. The number of carbonyl (C=O) groups is 1. The van der Waals surface area contributed by atoms with Gasteiger partial charge in [0.1, 0.15) is 5.82 Å². The maximum Gasteiger partial charge on any atom is 0.264 e. The van der Waals surface area contributed by atoms with Crippen LogP contribution in [0.25, 0.3) is 21.5 Å². The van der Waals surface area contributed by atoms with E-state index in [0.717, 1.165) is 15.8 Å². The molecule has 0 unspecified atom stereocenters. The number of hydrogen-bond donors (Lipinski definition) is 0. The first kappa shape index (κ1) is 20.8. The first-order valence-corrected chi connectivity index (χ1v) is 11.4. The molecule has 0 bridgehead atoms. The number of nitrogens with zero attached hydrogens (tertiary/aromatic N) is 4. The fraction of sp³-hybridized carbons (Fsp3) is 0.292. The van der Waals surface area contributed by atoms with Crippen LogP contribution in [0.15, 0.2) is 47.0 Å². The number of benzene rings is 2. The van der Waals surface area contributed by atoms with Gasteiger partial charge in [-0.15, -0.1) is 11.3 Å². The highest BCUT2D eigenvalue weighted by Gasteiger charge is 2.26. The van der Waals surface area contributed by atoms with Crippen molar-refractivity contribution in [2.45, 2.75) is 20.4 Å². The zero-order chi connectivity index (χ0) is 22.2. The molecule has 2 aromatic carbocycles. The molecule has 1 saturated heterocycles. The molecule has 0 saturated carbocycles. The van der Waals surface area contributed by atoms with E-state index in [9.17, 15) is 9.18 Å². The molecule has 1 aliphatic heterocycles. The molecule has 0 N–H and O–H groups in total. The van der Waals surface area contributed by atoms with Crippen molar-refractivity contribution in [1.82, 2.24) is 19.9 Å². The molecule has 4 aromatic rings. The van der Waals surface area contributed by atoms with Crippen LogP contribution >= 0.6 is 11.3 Å². The average molecular weight is 451 g/mol. The van der Waals surface area contributed by atoms with Gasteiger partial charge in [-0.1, -0.05) is 41.1 Å². The van der Waals surface area contributed by atoms with Gasteiger partial charge in [0, 0.05) is 41.8 Å². The van der Waals surface area contributed by atoms with Crippen molar-refractivity contribution in [3.63, 3.8) is 0 Å². The molecule has 0 atom stereocenters. The monoisotopic (exact) mass is 450 g/mol. The molecule has 1 aliphatic rings. The van der Waals surface area contributed by atoms with E-state index in [-0.39, 0.29) is 11.7 Å². The zero-order valence-corrected chi connectivity index (χ0v) is 18.8. The third-order valence-corrected chi connectivity index (χ3v) is 7.14. The summed E-state index contributed by atoms with van der Waals surface area (Å²) in [5.74, 6) is 0.851. The number of hydrogen-bond acceptors (Lipinski definition) is 6. The smallest absolute Gasteiger partial charge is 0.264 e. The summed E-state index contributed by atoms with van der Waals surface area (Å²) < 4.78 is 20.5. The molecular weight excluding hydrogens is 427 g/mol. The number of aryl methyl sites for hydroxylation is 2. The van der Waals surface area contributed by atoms with Crippen LogP contribution in [-0.4, -0.2) is 52.0 Å². The summed E-state index contributed by atoms with van der Waals surface area (Å²) >= 11 is 1.37. The van der Waals surface area contributed by atoms with Crippen molar-refractivity contribution in [3.05, 3.63) is 70.2 Å². The first-order valence-electron chi connectivity index (χ1n) is 10.6. The Morgan fingerprint density at radius 3 is 2.56 bits per heavy atom.